The van der Waals surface area contributed by atoms with E-state index in [0.29, 0.717) is 48.7 Å². The van der Waals surface area contributed by atoms with Gasteiger partial charge in [0.1, 0.15) is 11.6 Å². The lowest BCUT2D eigenvalue weighted by molar-refractivity contribution is -0.119. The number of nitrogens with zero attached hydrogens (tertiary/aromatic N) is 2. The number of amides is 2. The molecule has 1 spiro atoms. The van der Waals surface area contributed by atoms with E-state index in [1.165, 1.54) is 19.2 Å². The van der Waals surface area contributed by atoms with Crippen LogP contribution in [0.5, 0.6) is 17.2 Å². The molecule has 0 aliphatic carbocycles. The number of halogens is 1. The number of carbonyl (C=O) groups excluding carboxylic acids is 2. The van der Waals surface area contributed by atoms with E-state index in [1.54, 1.807) is 29.2 Å². The van der Waals surface area contributed by atoms with Crippen LogP contribution in [0, 0.1) is 5.82 Å². The smallest absolute Gasteiger partial charge is 0.255 e. The molecule has 8 nitrogen and oxygen atoms in total. The molecular weight excluding hydrogens is 441 g/mol. The summed E-state index contributed by atoms with van der Waals surface area (Å²) in [4.78, 5) is 26.0. The van der Waals surface area contributed by atoms with Crippen LogP contribution in [0.3, 0.4) is 0 Å². The lowest BCUT2D eigenvalue weighted by atomic mass is 9.86. The minimum Gasteiger partial charge on any atom is -0.493 e. The highest BCUT2D eigenvalue weighted by Gasteiger charge is 2.44. The average molecular weight is 470 g/mol. The maximum atomic E-state index is 13.9. The number of ether oxygens (including phenoxy) is 3. The molecule has 0 bridgehead atoms. The lowest BCUT2D eigenvalue weighted by Gasteiger charge is -2.45. The molecule has 2 N–H and O–H groups in total. The number of carbonyl (C=O) groups is 2. The van der Waals surface area contributed by atoms with Gasteiger partial charge in [-0.1, -0.05) is 0 Å². The SMILES string of the molecule is COc1cc(C(=O)N2CCC3(CC2)Oc2cc(F)ccc2-n2cccc23)ccc1OCC(N)=O.[HH].[HH]. The lowest BCUT2D eigenvalue weighted by Crippen LogP contribution is -2.50. The largest absolute Gasteiger partial charge is 0.493 e. The Morgan fingerprint density at radius 1 is 1.15 bits per heavy atom. The number of likely N-dealkylation sites (tertiary alicyclic amines) is 1. The summed E-state index contributed by atoms with van der Waals surface area (Å²) in [7, 11) is 1.46. The number of primary amides is 1. The van der Waals surface area contributed by atoms with Gasteiger partial charge in [0.15, 0.2) is 23.7 Å². The molecule has 3 heterocycles. The van der Waals surface area contributed by atoms with Crippen molar-refractivity contribution in [3.8, 4) is 22.9 Å². The molecule has 1 aromatic heterocycles. The van der Waals surface area contributed by atoms with Gasteiger partial charge in [0.2, 0.25) is 0 Å². The summed E-state index contributed by atoms with van der Waals surface area (Å²) < 4.78 is 33.0. The summed E-state index contributed by atoms with van der Waals surface area (Å²) in [5, 5.41) is 0. The molecule has 3 aromatic rings. The van der Waals surface area contributed by atoms with Crippen molar-refractivity contribution in [1.82, 2.24) is 9.47 Å². The van der Waals surface area contributed by atoms with Gasteiger partial charge in [-0.2, -0.15) is 0 Å². The van der Waals surface area contributed by atoms with Crippen LogP contribution in [0.15, 0.2) is 54.7 Å². The summed E-state index contributed by atoms with van der Waals surface area (Å²) in [6, 6.07) is 13.3. The van der Waals surface area contributed by atoms with Gasteiger partial charge >= 0.3 is 0 Å². The molecule has 2 aromatic carbocycles. The van der Waals surface area contributed by atoms with Gasteiger partial charge in [-0.3, -0.25) is 9.59 Å². The van der Waals surface area contributed by atoms with Gasteiger partial charge in [-0.25, -0.2) is 4.39 Å². The van der Waals surface area contributed by atoms with Gasteiger partial charge in [-0.15, -0.1) is 0 Å². The number of benzene rings is 2. The third kappa shape index (κ3) is 3.72. The Labute approximate surface area is 198 Å². The molecule has 34 heavy (non-hydrogen) atoms. The molecule has 1 fully saturated rings. The Hall–Kier alpha value is -4.01. The van der Waals surface area contributed by atoms with Crippen LogP contribution < -0.4 is 19.9 Å². The summed E-state index contributed by atoms with van der Waals surface area (Å²) in [5.74, 6) is 0.0672. The fraction of sp³-hybridized carbons (Fsp3) is 0.280. The Morgan fingerprint density at radius 2 is 1.94 bits per heavy atom. The van der Waals surface area contributed by atoms with E-state index in [2.05, 4.69) is 0 Å². The first-order chi connectivity index (χ1) is 16.4. The minimum atomic E-state index is -0.634. The number of aromatic nitrogens is 1. The molecule has 0 radical (unpaired) electrons. The Morgan fingerprint density at radius 3 is 2.68 bits per heavy atom. The molecule has 2 aliphatic rings. The normalized spacial score (nSPS) is 15.8. The molecule has 0 unspecified atom stereocenters. The third-order valence-corrected chi connectivity index (χ3v) is 6.34. The maximum absolute atomic E-state index is 13.9. The van der Waals surface area contributed by atoms with Gasteiger partial charge in [0, 0.05) is 46.6 Å². The molecular formula is C25H28FN3O5. The van der Waals surface area contributed by atoms with Crippen molar-refractivity contribution < 1.29 is 31.0 Å². The number of rotatable bonds is 5. The number of fused-ring (bicyclic) bond motifs is 4. The highest BCUT2D eigenvalue weighted by Crippen LogP contribution is 2.45. The fourth-order valence-corrected chi connectivity index (χ4v) is 4.67. The van der Waals surface area contributed by atoms with Crippen molar-refractivity contribution in [3.63, 3.8) is 0 Å². The van der Waals surface area contributed by atoms with Gasteiger partial charge in [-0.05, 0) is 42.5 Å². The number of piperidine rings is 1. The van der Waals surface area contributed by atoms with E-state index in [-0.39, 0.29) is 21.2 Å². The summed E-state index contributed by atoms with van der Waals surface area (Å²) in [6.45, 7) is 0.653. The Bertz CT molecular complexity index is 1270. The predicted octanol–water partition coefficient (Wildman–Crippen LogP) is 3.51. The zero-order valence-electron chi connectivity index (χ0n) is 18.6. The maximum Gasteiger partial charge on any atom is 0.255 e. The van der Waals surface area contributed by atoms with Gasteiger partial charge < -0.3 is 29.4 Å². The fourth-order valence-electron chi connectivity index (χ4n) is 4.67. The van der Waals surface area contributed by atoms with E-state index < -0.39 is 11.5 Å². The molecule has 1 saturated heterocycles. The van der Waals surface area contributed by atoms with E-state index in [1.807, 2.05) is 22.9 Å². The zero-order chi connectivity index (χ0) is 23.9. The molecule has 9 heteroatoms. The van der Waals surface area contributed by atoms with Crippen LogP contribution in [0.1, 0.15) is 31.7 Å². The summed E-state index contributed by atoms with van der Waals surface area (Å²) in [5.41, 5.74) is 6.74. The number of methoxy groups -OCH3 is 1. The summed E-state index contributed by atoms with van der Waals surface area (Å²) >= 11 is 0. The van der Waals surface area contributed by atoms with Crippen LogP contribution in [0.25, 0.3) is 5.69 Å². The average Bonchev–Trinajstić information content (AvgIpc) is 3.34. The standard InChI is InChI=1S/C25H24FN3O5.2H2/c1-32-21-13-16(4-7-19(21)33-15-23(27)30)24(31)28-11-8-25(9-12-28)22-3-2-10-29(22)18-6-5-17(26)14-20(18)34-25;;/h2-7,10,13-14H,8-9,11-12,15H2,1H3,(H2,27,30);2*1H. The highest BCUT2D eigenvalue weighted by molar-refractivity contribution is 5.95. The second-order valence-corrected chi connectivity index (χ2v) is 8.38. The number of nitrogens with two attached hydrogens (primary N) is 1. The monoisotopic (exact) mass is 469 g/mol. The number of hydrogen-bond acceptors (Lipinski definition) is 5. The molecule has 180 valence electrons. The topological polar surface area (TPSA) is 96.0 Å². The Balaban J connectivity index is 0.00000180. The van der Waals surface area contributed by atoms with E-state index >= 15 is 0 Å². The first-order valence-corrected chi connectivity index (χ1v) is 11.0. The van der Waals surface area contributed by atoms with Crippen molar-refractivity contribution >= 4 is 11.8 Å². The van der Waals surface area contributed by atoms with Gasteiger partial charge in [0.25, 0.3) is 11.8 Å². The first-order valence-electron chi connectivity index (χ1n) is 11.0. The van der Waals surface area contributed by atoms with E-state index in [0.717, 1.165) is 11.4 Å². The van der Waals surface area contributed by atoms with E-state index in [9.17, 15) is 14.0 Å². The summed E-state index contributed by atoms with van der Waals surface area (Å²) in [6.07, 6.45) is 3.08. The van der Waals surface area contributed by atoms with Crippen molar-refractivity contribution in [3.05, 3.63) is 71.8 Å². The molecule has 0 saturated carbocycles. The van der Waals surface area contributed by atoms with E-state index in [4.69, 9.17) is 19.9 Å². The molecule has 2 aliphatic heterocycles. The van der Waals surface area contributed by atoms with Crippen LogP contribution >= 0.6 is 0 Å². The molecule has 2 amide bonds. The second-order valence-electron chi connectivity index (χ2n) is 8.38. The highest BCUT2D eigenvalue weighted by atomic mass is 19.1. The minimum absolute atomic E-state index is 0. The van der Waals surface area contributed by atoms with Crippen LogP contribution in [-0.4, -0.2) is 48.1 Å². The first kappa shape index (κ1) is 21.8. The quantitative estimate of drug-likeness (QED) is 0.617. The molecule has 5 rings (SSSR count). The Kier molecular flexibility index (Phi) is 5.39. The van der Waals surface area contributed by atoms with Crippen molar-refractivity contribution in [2.45, 2.75) is 18.4 Å². The predicted molar refractivity (Wildman–Crippen MR) is 125 cm³/mol. The molecule has 0 atom stereocenters. The van der Waals surface area contributed by atoms with Crippen LogP contribution in [-0.2, 0) is 10.4 Å². The van der Waals surface area contributed by atoms with Crippen LogP contribution in [0.2, 0.25) is 0 Å². The number of hydrogen-bond donors (Lipinski definition) is 1. The third-order valence-electron chi connectivity index (χ3n) is 6.34. The van der Waals surface area contributed by atoms with Gasteiger partial charge in [0.05, 0.1) is 18.5 Å². The van der Waals surface area contributed by atoms with Crippen molar-refractivity contribution in [2.75, 3.05) is 26.8 Å². The van der Waals surface area contributed by atoms with Crippen molar-refractivity contribution in [2.24, 2.45) is 5.73 Å². The zero-order valence-corrected chi connectivity index (χ0v) is 18.6. The second kappa shape index (κ2) is 8.40. The van der Waals surface area contributed by atoms with Crippen molar-refractivity contribution in [1.29, 1.82) is 0 Å². The van der Waals surface area contributed by atoms with Crippen LogP contribution in [0.4, 0.5) is 4.39 Å².